The predicted molar refractivity (Wildman–Crippen MR) is 126 cm³/mol. The van der Waals surface area contributed by atoms with E-state index in [1.807, 2.05) is 42.6 Å². The van der Waals surface area contributed by atoms with Crippen LogP contribution in [0.3, 0.4) is 0 Å². The van der Waals surface area contributed by atoms with E-state index in [-0.39, 0.29) is 5.91 Å². The molecule has 0 aliphatic rings. The maximum Gasteiger partial charge on any atom is 0.271 e. The predicted octanol–water partition coefficient (Wildman–Crippen LogP) is 5.77. The van der Waals surface area contributed by atoms with Gasteiger partial charge in [-0.2, -0.15) is 5.10 Å². The van der Waals surface area contributed by atoms with E-state index in [4.69, 9.17) is 27.9 Å². The highest BCUT2D eigenvalue weighted by Gasteiger charge is 2.10. The summed E-state index contributed by atoms with van der Waals surface area (Å²) in [7, 11) is 1.56. The van der Waals surface area contributed by atoms with E-state index in [1.54, 1.807) is 43.7 Å². The topological polar surface area (TPSA) is 55.6 Å². The number of halogens is 2. The number of hydrogen-bond donors (Lipinski definition) is 1. The molecule has 1 amide bonds. The number of aromatic nitrogens is 1. The molecular formula is C24H19Cl2N3O2. The minimum Gasteiger partial charge on any atom is -0.497 e. The molecule has 0 spiro atoms. The maximum atomic E-state index is 12.4. The van der Waals surface area contributed by atoms with Crippen LogP contribution in [0.25, 0.3) is 10.9 Å². The second-order valence-electron chi connectivity index (χ2n) is 6.90. The van der Waals surface area contributed by atoms with Crippen LogP contribution < -0.4 is 10.2 Å². The number of hydrogen-bond acceptors (Lipinski definition) is 3. The highest BCUT2D eigenvalue weighted by Crippen LogP contribution is 2.25. The molecule has 156 valence electrons. The largest absolute Gasteiger partial charge is 0.497 e. The molecule has 31 heavy (non-hydrogen) atoms. The van der Waals surface area contributed by atoms with Crippen molar-refractivity contribution in [1.82, 2.24) is 9.99 Å². The number of benzene rings is 3. The number of para-hydroxylation sites is 1. The SMILES string of the molecule is COc1cccc(C(=O)N/N=C/c2cn(Cc3ccc(Cl)cc3Cl)c3ccccc23)c1. The second-order valence-corrected chi connectivity index (χ2v) is 7.74. The van der Waals surface area contributed by atoms with E-state index in [0.29, 0.717) is 27.9 Å². The number of amides is 1. The van der Waals surface area contributed by atoms with Gasteiger partial charge in [-0.25, -0.2) is 5.43 Å². The zero-order chi connectivity index (χ0) is 21.8. The fourth-order valence-electron chi connectivity index (χ4n) is 3.33. The van der Waals surface area contributed by atoms with Crippen LogP contribution >= 0.6 is 23.2 Å². The fourth-order valence-corrected chi connectivity index (χ4v) is 3.80. The fraction of sp³-hybridized carbons (Fsp3) is 0.0833. The maximum absolute atomic E-state index is 12.4. The zero-order valence-electron chi connectivity index (χ0n) is 16.7. The number of methoxy groups -OCH3 is 1. The van der Waals surface area contributed by atoms with E-state index in [9.17, 15) is 4.79 Å². The zero-order valence-corrected chi connectivity index (χ0v) is 18.2. The van der Waals surface area contributed by atoms with Crippen molar-refractivity contribution in [1.29, 1.82) is 0 Å². The lowest BCUT2D eigenvalue weighted by molar-refractivity contribution is 0.0955. The highest BCUT2D eigenvalue weighted by atomic mass is 35.5. The van der Waals surface area contributed by atoms with Gasteiger partial charge in [-0.1, -0.05) is 53.5 Å². The van der Waals surface area contributed by atoms with Crippen LogP contribution in [-0.4, -0.2) is 23.8 Å². The molecular weight excluding hydrogens is 433 g/mol. The van der Waals surface area contributed by atoms with Crippen LogP contribution in [0.1, 0.15) is 21.5 Å². The minimum absolute atomic E-state index is 0.313. The third-order valence-corrected chi connectivity index (χ3v) is 5.46. The first-order chi connectivity index (χ1) is 15.0. The van der Waals surface area contributed by atoms with Gasteiger partial charge in [0.25, 0.3) is 5.91 Å². The standard InChI is InChI=1S/C24H19Cl2N3O2/c1-31-20-6-4-5-16(11-20)24(30)28-27-13-18-15-29(23-8-3-2-7-21(18)23)14-17-9-10-19(25)12-22(17)26/h2-13,15H,14H2,1H3,(H,28,30)/b27-13+. The molecule has 0 saturated carbocycles. The molecule has 1 N–H and O–H groups in total. The summed E-state index contributed by atoms with van der Waals surface area (Å²) < 4.78 is 7.25. The van der Waals surface area contributed by atoms with Crippen molar-refractivity contribution in [2.75, 3.05) is 7.11 Å². The molecule has 5 nitrogen and oxygen atoms in total. The van der Waals surface area contributed by atoms with Gasteiger partial charge in [0, 0.05) is 44.8 Å². The Morgan fingerprint density at radius 2 is 1.94 bits per heavy atom. The summed E-state index contributed by atoms with van der Waals surface area (Å²) in [5, 5.41) is 6.39. The van der Waals surface area contributed by atoms with Crippen molar-refractivity contribution in [3.8, 4) is 5.75 Å². The Morgan fingerprint density at radius 1 is 1.10 bits per heavy atom. The van der Waals surface area contributed by atoms with E-state index in [2.05, 4.69) is 15.1 Å². The van der Waals surface area contributed by atoms with Crippen LogP contribution in [0, 0.1) is 0 Å². The van der Waals surface area contributed by atoms with Crippen molar-refractivity contribution >= 4 is 46.2 Å². The molecule has 0 aliphatic carbocycles. The summed E-state index contributed by atoms with van der Waals surface area (Å²) in [6.45, 7) is 0.584. The van der Waals surface area contributed by atoms with Gasteiger partial charge in [-0.3, -0.25) is 4.79 Å². The number of carbonyl (C=O) groups excluding carboxylic acids is 1. The third kappa shape index (κ3) is 4.74. The smallest absolute Gasteiger partial charge is 0.271 e. The number of nitrogens with zero attached hydrogens (tertiary/aromatic N) is 2. The molecule has 0 aliphatic heterocycles. The Morgan fingerprint density at radius 3 is 2.74 bits per heavy atom. The van der Waals surface area contributed by atoms with Gasteiger partial charge < -0.3 is 9.30 Å². The van der Waals surface area contributed by atoms with Crippen molar-refractivity contribution < 1.29 is 9.53 Å². The monoisotopic (exact) mass is 451 g/mol. The Hall–Kier alpha value is -3.28. The van der Waals surface area contributed by atoms with Crippen LogP contribution in [0.2, 0.25) is 10.0 Å². The van der Waals surface area contributed by atoms with Gasteiger partial charge in [0.2, 0.25) is 0 Å². The Balaban J connectivity index is 1.57. The van der Waals surface area contributed by atoms with Crippen LogP contribution in [0.5, 0.6) is 5.75 Å². The lowest BCUT2D eigenvalue weighted by atomic mass is 10.2. The Labute approximate surface area is 189 Å². The summed E-state index contributed by atoms with van der Waals surface area (Å²) in [4.78, 5) is 12.4. The van der Waals surface area contributed by atoms with E-state index in [0.717, 1.165) is 22.0 Å². The molecule has 4 aromatic rings. The number of carbonyl (C=O) groups is 1. The molecule has 0 bridgehead atoms. The van der Waals surface area contributed by atoms with E-state index >= 15 is 0 Å². The molecule has 1 heterocycles. The number of hydrazone groups is 1. The normalized spacial score (nSPS) is 11.2. The first-order valence-corrected chi connectivity index (χ1v) is 10.3. The van der Waals surface area contributed by atoms with Gasteiger partial charge in [0.05, 0.1) is 13.3 Å². The van der Waals surface area contributed by atoms with Crippen molar-refractivity contribution in [3.05, 3.63) is 99.7 Å². The summed E-state index contributed by atoms with van der Waals surface area (Å²) in [6, 6.07) is 20.4. The van der Waals surface area contributed by atoms with Gasteiger partial charge in [0.1, 0.15) is 5.75 Å². The Kier molecular flexibility index (Phi) is 6.26. The molecule has 0 atom stereocenters. The Bertz CT molecular complexity index is 1280. The van der Waals surface area contributed by atoms with Crippen molar-refractivity contribution in [3.63, 3.8) is 0 Å². The molecule has 1 aromatic heterocycles. The first kappa shape index (κ1) is 21.0. The number of ether oxygens (including phenoxy) is 1. The van der Waals surface area contributed by atoms with Gasteiger partial charge >= 0.3 is 0 Å². The van der Waals surface area contributed by atoms with Gasteiger partial charge in [-0.05, 0) is 42.0 Å². The lowest BCUT2D eigenvalue weighted by Gasteiger charge is -2.08. The quantitative estimate of drug-likeness (QED) is 0.298. The summed E-state index contributed by atoms with van der Waals surface area (Å²) in [6.07, 6.45) is 3.62. The number of rotatable bonds is 6. The van der Waals surface area contributed by atoms with E-state index < -0.39 is 0 Å². The van der Waals surface area contributed by atoms with Crippen LogP contribution in [-0.2, 0) is 6.54 Å². The third-order valence-electron chi connectivity index (χ3n) is 4.88. The van der Waals surface area contributed by atoms with Gasteiger partial charge in [0.15, 0.2) is 0 Å². The second kappa shape index (κ2) is 9.25. The lowest BCUT2D eigenvalue weighted by Crippen LogP contribution is -2.17. The molecule has 3 aromatic carbocycles. The number of nitrogens with one attached hydrogen (secondary N) is 1. The molecule has 0 unspecified atom stereocenters. The minimum atomic E-state index is -0.313. The molecule has 4 rings (SSSR count). The van der Waals surface area contributed by atoms with Crippen LogP contribution in [0.15, 0.2) is 78.0 Å². The average molecular weight is 452 g/mol. The highest BCUT2D eigenvalue weighted by molar-refractivity contribution is 6.35. The van der Waals surface area contributed by atoms with Crippen molar-refractivity contribution in [2.24, 2.45) is 5.10 Å². The van der Waals surface area contributed by atoms with Crippen molar-refractivity contribution in [2.45, 2.75) is 6.54 Å². The summed E-state index contributed by atoms with van der Waals surface area (Å²) in [5.41, 5.74) is 5.91. The molecule has 0 saturated heterocycles. The van der Waals surface area contributed by atoms with Crippen LogP contribution in [0.4, 0.5) is 0 Å². The summed E-state index contributed by atoms with van der Waals surface area (Å²) in [5.74, 6) is 0.299. The van der Waals surface area contributed by atoms with Gasteiger partial charge in [-0.15, -0.1) is 0 Å². The average Bonchev–Trinajstić information content (AvgIpc) is 3.13. The first-order valence-electron chi connectivity index (χ1n) is 9.54. The van der Waals surface area contributed by atoms with E-state index in [1.165, 1.54) is 0 Å². The summed E-state index contributed by atoms with van der Waals surface area (Å²) >= 11 is 12.4. The molecule has 0 fully saturated rings. The molecule has 0 radical (unpaired) electrons. The number of fused-ring (bicyclic) bond motifs is 1. The molecule has 7 heteroatoms.